The largest absolute Gasteiger partial charge is 0.443 e. The second-order valence-electron chi connectivity index (χ2n) is 5.80. The minimum atomic E-state index is -4.34. The van der Waals surface area contributed by atoms with Gasteiger partial charge in [0.15, 0.2) is 5.01 Å². The first kappa shape index (κ1) is 16.7. The van der Waals surface area contributed by atoms with Crippen LogP contribution in [0.25, 0.3) is 0 Å². The van der Waals surface area contributed by atoms with Gasteiger partial charge in [0.05, 0.1) is 0 Å². The Hall–Kier alpha value is -0.620. The predicted octanol–water partition coefficient (Wildman–Crippen LogP) is 5.03. The summed E-state index contributed by atoms with van der Waals surface area (Å²) in [7, 11) is 0. The molecule has 0 amide bonds. The molecule has 0 radical (unpaired) electrons. The first-order chi connectivity index (χ1) is 9.95. The summed E-state index contributed by atoms with van der Waals surface area (Å²) in [6.45, 7) is 4.96. The summed E-state index contributed by atoms with van der Waals surface area (Å²) in [6, 6.07) is 0.0120. The van der Waals surface area contributed by atoms with Gasteiger partial charge in [-0.25, -0.2) is 4.98 Å². The molecule has 2 nitrogen and oxygen atoms in total. The molecule has 0 spiro atoms. The maximum absolute atomic E-state index is 12.7. The summed E-state index contributed by atoms with van der Waals surface area (Å²) in [5.41, 5.74) is 0. The number of thiazole rings is 1. The zero-order valence-corrected chi connectivity index (χ0v) is 13.4. The van der Waals surface area contributed by atoms with Gasteiger partial charge in [-0.05, 0) is 31.2 Å². The fourth-order valence-corrected chi connectivity index (χ4v) is 4.24. The van der Waals surface area contributed by atoms with Crippen LogP contribution in [-0.4, -0.2) is 11.5 Å². The van der Waals surface area contributed by atoms with Crippen molar-refractivity contribution in [1.82, 2.24) is 10.3 Å². The number of nitrogens with one attached hydrogen (secondary N) is 1. The van der Waals surface area contributed by atoms with E-state index in [1.54, 1.807) is 0 Å². The van der Waals surface area contributed by atoms with Crippen molar-refractivity contribution in [3.05, 3.63) is 16.1 Å². The van der Waals surface area contributed by atoms with E-state index in [0.717, 1.165) is 42.0 Å². The molecule has 0 saturated heterocycles. The van der Waals surface area contributed by atoms with E-state index in [2.05, 4.69) is 17.2 Å². The number of aromatic nitrogens is 1. The number of rotatable bonds is 5. The smallest absolute Gasteiger partial charge is 0.309 e. The lowest BCUT2D eigenvalue weighted by Crippen LogP contribution is -2.31. The number of halogens is 3. The highest BCUT2D eigenvalue weighted by Crippen LogP contribution is 2.41. The van der Waals surface area contributed by atoms with Gasteiger partial charge in [0.1, 0.15) is 0 Å². The van der Waals surface area contributed by atoms with E-state index < -0.39 is 11.2 Å². The minimum absolute atomic E-state index is 0.0120. The van der Waals surface area contributed by atoms with Gasteiger partial charge in [0.25, 0.3) is 0 Å². The highest BCUT2D eigenvalue weighted by atomic mass is 32.1. The number of hydrogen-bond acceptors (Lipinski definition) is 3. The number of hydrogen-bond donors (Lipinski definition) is 1. The Kier molecular flexibility index (Phi) is 5.66. The monoisotopic (exact) mass is 320 g/mol. The molecule has 1 heterocycles. The molecular formula is C15H23F3N2S. The first-order valence-electron chi connectivity index (χ1n) is 7.72. The average Bonchev–Trinajstić information content (AvgIpc) is 2.94. The van der Waals surface area contributed by atoms with Crippen LogP contribution >= 0.6 is 11.3 Å². The van der Waals surface area contributed by atoms with E-state index in [0.29, 0.717) is 11.8 Å². The van der Waals surface area contributed by atoms with Crippen LogP contribution in [0.4, 0.5) is 13.2 Å². The Labute approximate surface area is 128 Å². The van der Waals surface area contributed by atoms with Gasteiger partial charge in [-0.3, -0.25) is 0 Å². The second kappa shape index (κ2) is 7.09. The number of alkyl halides is 3. The summed E-state index contributed by atoms with van der Waals surface area (Å²) in [6.07, 6.45) is 2.86. The zero-order chi connectivity index (χ0) is 15.5. The van der Waals surface area contributed by atoms with Gasteiger partial charge >= 0.3 is 6.18 Å². The fourth-order valence-electron chi connectivity index (χ4n) is 3.29. The van der Waals surface area contributed by atoms with Gasteiger partial charge in [-0.2, -0.15) is 13.2 Å². The molecule has 1 N–H and O–H groups in total. The molecule has 1 aliphatic carbocycles. The van der Waals surface area contributed by atoms with Gasteiger partial charge in [0, 0.05) is 17.1 Å². The van der Waals surface area contributed by atoms with Crippen molar-refractivity contribution < 1.29 is 13.2 Å². The van der Waals surface area contributed by atoms with E-state index in [1.807, 2.05) is 6.92 Å². The molecule has 3 atom stereocenters. The average molecular weight is 320 g/mol. The van der Waals surface area contributed by atoms with E-state index in [9.17, 15) is 13.2 Å². The fraction of sp³-hybridized carbons (Fsp3) is 0.800. The van der Waals surface area contributed by atoms with Crippen molar-refractivity contribution in [3.63, 3.8) is 0 Å². The lowest BCUT2D eigenvalue weighted by Gasteiger charge is -2.34. The quantitative estimate of drug-likeness (QED) is 0.823. The molecule has 21 heavy (non-hydrogen) atoms. The van der Waals surface area contributed by atoms with Crippen LogP contribution in [0.1, 0.15) is 61.9 Å². The standard InChI is InChI=1S/C15H23F3N2S/c1-3-10-6-5-7-11(8-10)13(19-4-2)12-9-20-14(21-12)15(16,17)18/h9-11,13,19H,3-8H2,1-2H3. The second-order valence-corrected chi connectivity index (χ2v) is 6.86. The van der Waals surface area contributed by atoms with Gasteiger partial charge < -0.3 is 5.32 Å². The van der Waals surface area contributed by atoms with Crippen LogP contribution in [0, 0.1) is 11.8 Å². The third-order valence-electron chi connectivity index (χ3n) is 4.37. The summed E-state index contributed by atoms with van der Waals surface area (Å²) >= 11 is 0.792. The van der Waals surface area contributed by atoms with Crippen molar-refractivity contribution in [2.45, 2.75) is 58.2 Å². The van der Waals surface area contributed by atoms with Crippen LogP contribution in [0.5, 0.6) is 0 Å². The van der Waals surface area contributed by atoms with Crippen molar-refractivity contribution in [2.24, 2.45) is 11.8 Å². The van der Waals surface area contributed by atoms with E-state index in [-0.39, 0.29) is 6.04 Å². The normalized spacial score (nSPS) is 25.0. The van der Waals surface area contributed by atoms with Gasteiger partial charge in [-0.15, -0.1) is 11.3 Å². The molecular weight excluding hydrogens is 297 g/mol. The van der Waals surface area contributed by atoms with Crippen molar-refractivity contribution in [1.29, 1.82) is 0 Å². The van der Waals surface area contributed by atoms with Crippen molar-refractivity contribution >= 4 is 11.3 Å². The van der Waals surface area contributed by atoms with Crippen molar-refractivity contribution in [2.75, 3.05) is 6.54 Å². The molecule has 6 heteroatoms. The molecule has 3 unspecified atom stereocenters. The van der Waals surface area contributed by atoms with Gasteiger partial charge in [-0.1, -0.05) is 33.1 Å². The molecule has 120 valence electrons. The maximum atomic E-state index is 12.7. The van der Waals surface area contributed by atoms with E-state index >= 15 is 0 Å². The summed E-state index contributed by atoms with van der Waals surface area (Å²) in [5, 5.41) is 2.65. The summed E-state index contributed by atoms with van der Waals surface area (Å²) < 4.78 is 38.2. The van der Waals surface area contributed by atoms with E-state index in [4.69, 9.17) is 0 Å². The molecule has 1 fully saturated rings. The lowest BCUT2D eigenvalue weighted by molar-refractivity contribution is -0.137. The Morgan fingerprint density at radius 2 is 2.14 bits per heavy atom. The molecule has 0 aromatic carbocycles. The number of nitrogens with zero attached hydrogens (tertiary/aromatic N) is 1. The Balaban J connectivity index is 2.16. The molecule has 0 aliphatic heterocycles. The Morgan fingerprint density at radius 1 is 1.38 bits per heavy atom. The summed E-state index contributed by atoms with van der Waals surface area (Å²) in [5.74, 6) is 1.13. The maximum Gasteiger partial charge on any atom is 0.443 e. The van der Waals surface area contributed by atoms with Crippen LogP contribution in [-0.2, 0) is 6.18 Å². The van der Waals surface area contributed by atoms with Crippen LogP contribution in [0.2, 0.25) is 0 Å². The molecule has 1 aliphatic rings. The molecule has 1 saturated carbocycles. The van der Waals surface area contributed by atoms with Crippen LogP contribution in [0.3, 0.4) is 0 Å². The van der Waals surface area contributed by atoms with Crippen LogP contribution < -0.4 is 5.32 Å². The topological polar surface area (TPSA) is 24.9 Å². The Bertz CT molecular complexity index is 444. The predicted molar refractivity (Wildman–Crippen MR) is 79.3 cm³/mol. The highest BCUT2D eigenvalue weighted by molar-refractivity contribution is 7.11. The third kappa shape index (κ3) is 4.19. The highest BCUT2D eigenvalue weighted by Gasteiger charge is 2.36. The first-order valence-corrected chi connectivity index (χ1v) is 8.53. The Morgan fingerprint density at radius 3 is 2.71 bits per heavy atom. The van der Waals surface area contributed by atoms with Gasteiger partial charge in [0.2, 0.25) is 0 Å². The van der Waals surface area contributed by atoms with Crippen LogP contribution in [0.15, 0.2) is 6.20 Å². The molecule has 2 rings (SSSR count). The van der Waals surface area contributed by atoms with E-state index in [1.165, 1.54) is 19.0 Å². The lowest BCUT2D eigenvalue weighted by atomic mass is 9.76. The molecule has 1 aromatic heterocycles. The molecule has 1 aromatic rings. The van der Waals surface area contributed by atoms with Crippen molar-refractivity contribution in [3.8, 4) is 0 Å². The molecule has 0 bridgehead atoms. The third-order valence-corrected chi connectivity index (χ3v) is 5.49. The summed E-state index contributed by atoms with van der Waals surface area (Å²) in [4.78, 5) is 4.31. The SMILES string of the molecule is CCNC(c1cnc(C(F)(F)F)s1)C1CCCC(CC)C1. The zero-order valence-electron chi connectivity index (χ0n) is 12.5. The minimum Gasteiger partial charge on any atom is -0.309 e.